The Morgan fingerprint density at radius 3 is 1.28 bits per heavy atom. The molecule has 0 bridgehead atoms. The number of carbonyl (C=O) groups is 14. The van der Waals surface area contributed by atoms with Gasteiger partial charge in [-0.25, -0.2) is 0 Å². The van der Waals surface area contributed by atoms with Gasteiger partial charge in [0, 0.05) is 74.4 Å². The van der Waals surface area contributed by atoms with Crippen LogP contribution in [0.15, 0.2) is 163 Å². The molecule has 3 aliphatic heterocycles. The van der Waals surface area contributed by atoms with E-state index in [1.807, 2.05) is 48.5 Å². The zero-order chi connectivity index (χ0) is 79.7. The summed E-state index contributed by atoms with van der Waals surface area (Å²) in [5.74, 6) is -2.90. The van der Waals surface area contributed by atoms with Crippen LogP contribution in [0.1, 0.15) is 148 Å². The molecule has 0 aromatic heterocycles. The summed E-state index contributed by atoms with van der Waals surface area (Å²) in [6, 6.07) is 44.4. The number of carbonyl (C=O) groups excluding carboxylic acids is 14. The summed E-state index contributed by atoms with van der Waals surface area (Å²) < 4.78 is 14.4. The molecule has 25 nitrogen and oxygen atoms in total. The molecule has 3 saturated heterocycles. The molecule has 5 aromatic rings. The van der Waals surface area contributed by atoms with E-state index in [4.69, 9.17) is 26.2 Å². The van der Waals surface area contributed by atoms with Gasteiger partial charge in [0.1, 0.15) is 23.9 Å². The minimum absolute atomic E-state index is 0. The molecule has 588 valence electrons. The van der Waals surface area contributed by atoms with Crippen molar-refractivity contribution in [2.24, 2.45) is 0 Å². The van der Waals surface area contributed by atoms with Crippen molar-refractivity contribution in [3.63, 3.8) is 0 Å². The second-order valence-electron chi connectivity index (χ2n) is 25.6. The Morgan fingerprint density at radius 2 is 0.890 bits per heavy atom. The summed E-state index contributed by atoms with van der Waals surface area (Å²) in [5, 5.41) is 18.7. The number of aliphatic hydroxyl groups excluding tert-OH is 1. The van der Waals surface area contributed by atoms with Gasteiger partial charge in [0.25, 0.3) is 23.0 Å². The number of Topliss-reactive ketones (excluding diaryl/α,β-unsaturated/α-hetero) is 7. The van der Waals surface area contributed by atoms with E-state index in [9.17, 15) is 72.2 Å². The van der Waals surface area contributed by atoms with Crippen LogP contribution in [0.2, 0.25) is 0 Å². The number of rotatable bonds is 27. The van der Waals surface area contributed by atoms with E-state index >= 15 is 0 Å². The average molecular weight is 1580 g/mol. The molecule has 0 unspecified atom stereocenters. The summed E-state index contributed by atoms with van der Waals surface area (Å²) in [5.41, 5.74) is 2.54. The summed E-state index contributed by atoms with van der Waals surface area (Å²) in [6.45, 7) is 21.9. The number of benzene rings is 5. The minimum atomic E-state index is -0.750. The maximum Gasteiger partial charge on any atom is 1.00 e. The van der Waals surface area contributed by atoms with Crippen LogP contribution in [0, 0.1) is 0 Å². The van der Waals surface area contributed by atoms with Crippen LogP contribution in [0.5, 0.6) is 0 Å². The number of nitrogens with zero attached hydrogens (tertiary/aromatic N) is 6. The van der Waals surface area contributed by atoms with Crippen LogP contribution in [0.25, 0.3) is 0 Å². The molecule has 5 aromatic carbocycles. The summed E-state index contributed by atoms with van der Waals surface area (Å²) in [6.07, 6.45) is 4.70. The molecule has 0 radical (unpaired) electrons. The number of esters is 3. The minimum Gasteiger partial charge on any atom is -0.850 e. The quantitative estimate of drug-likeness (QED) is 0.0104. The Kier molecular flexibility index (Phi) is 53.8. The van der Waals surface area contributed by atoms with Crippen LogP contribution in [0.3, 0.4) is 0 Å². The van der Waals surface area contributed by atoms with Crippen molar-refractivity contribution in [3.05, 3.63) is 191 Å². The monoisotopic (exact) mass is 1570 g/mol. The predicted molar refractivity (Wildman–Crippen MR) is 410 cm³/mol. The number of unbranched alkanes of at least 4 members (excludes halogenated alkanes) is 1. The molecule has 109 heavy (non-hydrogen) atoms. The number of aliphatic hydroxyl groups is 1. The smallest absolute Gasteiger partial charge is 0.850 e. The van der Waals surface area contributed by atoms with Crippen molar-refractivity contribution in [3.8, 4) is 0 Å². The van der Waals surface area contributed by atoms with E-state index in [1.165, 1.54) is 35.5 Å². The van der Waals surface area contributed by atoms with E-state index < -0.39 is 16.8 Å². The Hall–Kier alpha value is -7.96. The van der Waals surface area contributed by atoms with Crippen molar-refractivity contribution in [1.29, 1.82) is 0 Å². The number of piperazine rings is 1. The molecule has 3 fully saturated rings. The van der Waals surface area contributed by atoms with Gasteiger partial charge in [0.15, 0.2) is 23.1 Å². The molecular formula is C81H105Cl2KN6O19. The maximum atomic E-state index is 12.5. The van der Waals surface area contributed by atoms with Crippen molar-refractivity contribution < 1.29 is 143 Å². The number of hydrogen-bond acceptors (Lipinski definition) is 22. The molecule has 3 aliphatic rings. The van der Waals surface area contributed by atoms with Gasteiger partial charge in [-0.15, -0.1) is 18.0 Å². The fourth-order valence-corrected chi connectivity index (χ4v) is 10.2. The number of β-amino-alcohol motifs (C(OH)–C–C–N with tert-alkyl or cyclic N) is 1. The molecule has 3 heterocycles. The number of piperidine rings is 2. The molecule has 0 saturated carbocycles. The van der Waals surface area contributed by atoms with E-state index in [2.05, 4.69) is 14.5 Å². The molecule has 28 heteroatoms. The van der Waals surface area contributed by atoms with E-state index in [-0.39, 0.29) is 212 Å². The number of hydrogen-bond donors (Lipinski definition) is 1. The number of likely N-dealkylation sites (tertiary alicyclic amines) is 2. The average Bonchev–Trinajstić information content (AvgIpc) is 0.822. The summed E-state index contributed by atoms with van der Waals surface area (Å²) >= 11 is 5.16. The third-order valence-electron chi connectivity index (χ3n) is 14.8. The normalized spacial score (nSPS) is 13.1. The molecule has 0 atom stereocenters. The second-order valence-corrected chi connectivity index (χ2v) is 25.9. The molecule has 0 aliphatic carbocycles. The van der Waals surface area contributed by atoms with Crippen molar-refractivity contribution in [2.45, 2.75) is 113 Å². The fraction of sp³-hybridized carbons (Fsp3) is 0.432. The van der Waals surface area contributed by atoms with Crippen molar-refractivity contribution in [1.82, 2.24) is 29.4 Å². The van der Waals surface area contributed by atoms with Gasteiger partial charge in [0.2, 0.25) is 0 Å². The summed E-state index contributed by atoms with van der Waals surface area (Å²) in [4.78, 5) is 171. The first-order valence-electron chi connectivity index (χ1n) is 35.4. The van der Waals surface area contributed by atoms with Crippen LogP contribution in [0.4, 0.5) is 0 Å². The first-order chi connectivity index (χ1) is 50.9. The molecule has 1 N–H and O–H groups in total. The van der Waals surface area contributed by atoms with Gasteiger partial charge in [-0.1, -0.05) is 142 Å². The van der Waals surface area contributed by atoms with E-state index in [0.717, 1.165) is 51.3 Å². The third kappa shape index (κ3) is 47.0. The fourth-order valence-electron chi connectivity index (χ4n) is 10.1. The number of halogens is 2. The SMILES string of the molecule is CC(C)(C)[O-].CCOC(=O)CCCC(C)=O.CCOC(=O)CN(CC(C)=O)C(=O)c1ccccc1.CCOC(=O)CN(CC(C)=O)Cc1ccccc1.Cl.O=C(Cl)c1ccccc1.O=C1CC(=O)CN(C(=O)c2ccccc2)C1.O=C1CN(C(=O)c2ccccc2)CC(=O)C1=CCCCN1CCN(CCO)CC1.[K+]. The van der Waals surface area contributed by atoms with Crippen molar-refractivity contribution >= 4 is 105 Å². The standard InChI is InChI=1S/C22H29N3O4.C14H17NO4.C14H19NO3.C12H11NO3.C8H14O3.C7H5ClO.C4H9O.ClH.K/c26-15-14-24-12-10-23(11-13-24)9-5-4-8-19-20(27)16-25(17-21(19)28)22(29)18-6-2-1-3-7-18;1-3-19-13(17)10-15(9-11(2)16)14(18)12-7-5-4-6-8-12;1-3-18-14(17)11-15(9-12(2)16)10-13-7-5-4-6-8-13;14-10-6-11(15)8-13(7-10)12(16)9-4-2-1-3-5-9;1-3-11-8(10)6-4-5-7(2)9;8-7(9)6-4-2-1-3-5-6;1-4(2,3)5;;/h1-3,6-8,26H,4-5,9-17H2;4-8H,3,9-10H2,1-2H3;4-8H,3,9-11H2,1-2H3;1-5H,6-8H2;3-6H2,1-2H3;1-5H;1-3H3;1H;/q;;;;;;-1;;+1. The van der Waals surface area contributed by atoms with Gasteiger partial charge in [0.05, 0.1) is 84.2 Å². The first kappa shape index (κ1) is 101. The Labute approximate surface area is 694 Å². The Bertz CT molecular complexity index is 3610. The third-order valence-corrected chi connectivity index (χ3v) is 15.1. The van der Waals surface area contributed by atoms with Crippen molar-refractivity contribution in [2.75, 3.05) is 118 Å². The Morgan fingerprint density at radius 1 is 0.505 bits per heavy atom. The van der Waals surface area contributed by atoms with Gasteiger partial charge in [-0.05, 0) is 121 Å². The topological polar surface area (TPSA) is 329 Å². The maximum absolute atomic E-state index is 12.5. The zero-order valence-corrected chi connectivity index (χ0v) is 69.1. The van der Waals surface area contributed by atoms with Gasteiger partial charge in [-0.2, -0.15) is 0 Å². The molecule has 3 amide bonds. The van der Waals surface area contributed by atoms with Gasteiger partial charge < -0.3 is 48.8 Å². The molecular weight excluding hydrogens is 1470 g/mol. The van der Waals surface area contributed by atoms with Crippen LogP contribution < -0.4 is 56.5 Å². The van der Waals surface area contributed by atoms with Gasteiger partial charge >= 0.3 is 69.3 Å². The van der Waals surface area contributed by atoms with Crippen LogP contribution in [-0.2, 0) is 68.7 Å². The molecule has 0 spiro atoms. The van der Waals surface area contributed by atoms with Gasteiger partial charge in [-0.3, -0.25) is 72.1 Å². The number of amides is 3. The molecule has 8 rings (SSSR count). The van der Waals surface area contributed by atoms with E-state index in [0.29, 0.717) is 67.7 Å². The van der Waals surface area contributed by atoms with Crippen LogP contribution in [-0.4, -0.2) is 240 Å². The number of allylic oxidation sites excluding steroid dienone is 1. The van der Waals surface area contributed by atoms with E-state index in [1.54, 1.807) is 156 Å². The van der Waals surface area contributed by atoms with Crippen LogP contribution >= 0.6 is 24.0 Å². The summed E-state index contributed by atoms with van der Waals surface area (Å²) in [7, 11) is 0. The number of ketones is 7. The Balaban J connectivity index is 0.00000131. The second kappa shape index (κ2) is 58.0. The number of ether oxygens (including phenoxy) is 3. The predicted octanol–water partition coefficient (Wildman–Crippen LogP) is 5.13. The first-order valence-corrected chi connectivity index (χ1v) is 35.8. The zero-order valence-electron chi connectivity index (χ0n) is 64.5. The largest absolute Gasteiger partial charge is 1.00 e.